The van der Waals surface area contributed by atoms with Crippen molar-refractivity contribution in [1.82, 2.24) is 0 Å². The van der Waals surface area contributed by atoms with Crippen LogP contribution in [0.5, 0.6) is 0 Å². The third kappa shape index (κ3) is 4.33. The summed E-state index contributed by atoms with van der Waals surface area (Å²) >= 11 is 3.41. The number of hydrogen-bond donors (Lipinski definition) is 1. The summed E-state index contributed by atoms with van der Waals surface area (Å²) in [6.45, 7) is 4.46. The van der Waals surface area contributed by atoms with Crippen molar-refractivity contribution in [2.24, 2.45) is 0 Å². The second kappa shape index (κ2) is 6.26. The van der Waals surface area contributed by atoms with Gasteiger partial charge in [-0.25, -0.2) is 0 Å². The lowest BCUT2D eigenvalue weighted by molar-refractivity contribution is -0.0208. The van der Waals surface area contributed by atoms with Crippen molar-refractivity contribution in [3.05, 3.63) is 34.3 Å². The summed E-state index contributed by atoms with van der Waals surface area (Å²) in [7, 11) is 0. The standard InChI is InChI=1S/C12H17BrO2/c1-3-15-9(2)12(14)8-10-5-4-6-11(13)7-10/h4-7,9,12,14H,3,8H2,1-2H3. The zero-order chi connectivity index (χ0) is 11.3. The van der Waals surface area contributed by atoms with E-state index in [1.54, 1.807) is 0 Å². The van der Waals surface area contributed by atoms with Gasteiger partial charge in [-0.05, 0) is 31.5 Å². The normalized spacial score (nSPS) is 14.9. The molecule has 3 heteroatoms. The quantitative estimate of drug-likeness (QED) is 0.893. The molecule has 2 atom stereocenters. The molecule has 0 fully saturated rings. The summed E-state index contributed by atoms with van der Waals surface area (Å²) in [6, 6.07) is 7.97. The van der Waals surface area contributed by atoms with Crippen LogP contribution in [0.15, 0.2) is 28.7 Å². The fraction of sp³-hybridized carbons (Fsp3) is 0.500. The zero-order valence-electron chi connectivity index (χ0n) is 9.11. The Kier molecular flexibility index (Phi) is 5.29. The van der Waals surface area contributed by atoms with Crippen molar-refractivity contribution in [3.63, 3.8) is 0 Å². The Bertz CT molecular complexity index is 301. The first-order chi connectivity index (χ1) is 7.13. The topological polar surface area (TPSA) is 29.5 Å². The third-order valence-electron chi connectivity index (χ3n) is 2.31. The molecule has 15 heavy (non-hydrogen) atoms. The smallest absolute Gasteiger partial charge is 0.0839 e. The van der Waals surface area contributed by atoms with E-state index in [1.165, 1.54) is 0 Å². The van der Waals surface area contributed by atoms with Gasteiger partial charge < -0.3 is 9.84 Å². The molecule has 1 aromatic carbocycles. The van der Waals surface area contributed by atoms with Crippen LogP contribution in [-0.4, -0.2) is 23.9 Å². The lowest BCUT2D eigenvalue weighted by Gasteiger charge is -2.18. The fourth-order valence-corrected chi connectivity index (χ4v) is 1.89. The molecule has 1 rings (SSSR count). The van der Waals surface area contributed by atoms with E-state index in [-0.39, 0.29) is 6.10 Å². The molecule has 84 valence electrons. The van der Waals surface area contributed by atoms with Crippen molar-refractivity contribution >= 4 is 15.9 Å². The maximum absolute atomic E-state index is 9.85. The monoisotopic (exact) mass is 272 g/mol. The second-order valence-corrected chi connectivity index (χ2v) is 4.48. The van der Waals surface area contributed by atoms with E-state index < -0.39 is 6.10 Å². The first kappa shape index (κ1) is 12.7. The highest BCUT2D eigenvalue weighted by Crippen LogP contribution is 2.14. The summed E-state index contributed by atoms with van der Waals surface area (Å²) in [5.74, 6) is 0. The zero-order valence-corrected chi connectivity index (χ0v) is 10.7. The highest BCUT2D eigenvalue weighted by Gasteiger charge is 2.14. The molecular weight excluding hydrogens is 256 g/mol. The predicted molar refractivity (Wildman–Crippen MR) is 64.9 cm³/mol. The van der Waals surface area contributed by atoms with Crippen molar-refractivity contribution in [3.8, 4) is 0 Å². The number of rotatable bonds is 5. The van der Waals surface area contributed by atoms with Crippen LogP contribution in [0.25, 0.3) is 0 Å². The van der Waals surface area contributed by atoms with Crippen LogP contribution in [-0.2, 0) is 11.2 Å². The maximum atomic E-state index is 9.85. The van der Waals surface area contributed by atoms with Crippen LogP contribution in [0.4, 0.5) is 0 Å². The van der Waals surface area contributed by atoms with Gasteiger partial charge in [0.15, 0.2) is 0 Å². The summed E-state index contributed by atoms with van der Waals surface area (Å²) in [5, 5.41) is 9.85. The van der Waals surface area contributed by atoms with E-state index in [0.717, 1.165) is 10.0 Å². The Morgan fingerprint density at radius 2 is 2.20 bits per heavy atom. The van der Waals surface area contributed by atoms with E-state index in [0.29, 0.717) is 13.0 Å². The molecule has 0 bridgehead atoms. The van der Waals surface area contributed by atoms with Crippen LogP contribution < -0.4 is 0 Å². The lowest BCUT2D eigenvalue weighted by Crippen LogP contribution is -2.28. The van der Waals surface area contributed by atoms with E-state index >= 15 is 0 Å². The first-order valence-corrected chi connectivity index (χ1v) is 5.97. The van der Waals surface area contributed by atoms with E-state index in [2.05, 4.69) is 15.9 Å². The average Bonchev–Trinajstić information content (AvgIpc) is 2.18. The summed E-state index contributed by atoms with van der Waals surface area (Å²) in [6.07, 6.45) is 0.0638. The van der Waals surface area contributed by atoms with Gasteiger partial charge in [-0.1, -0.05) is 28.1 Å². The van der Waals surface area contributed by atoms with Crippen LogP contribution >= 0.6 is 15.9 Å². The Hall–Kier alpha value is -0.380. The number of hydrogen-bond acceptors (Lipinski definition) is 2. The van der Waals surface area contributed by atoms with Crippen LogP contribution in [0.1, 0.15) is 19.4 Å². The van der Waals surface area contributed by atoms with Gasteiger partial charge in [0.05, 0.1) is 12.2 Å². The largest absolute Gasteiger partial charge is 0.390 e. The van der Waals surface area contributed by atoms with Gasteiger partial charge in [-0.2, -0.15) is 0 Å². The number of ether oxygens (including phenoxy) is 1. The predicted octanol–water partition coefficient (Wildman–Crippen LogP) is 2.78. The molecule has 1 N–H and O–H groups in total. The van der Waals surface area contributed by atoms with E-state index in [4.69, 9.17) is 4.74 Å². The van der Waals surface area contributed by atoms with Gasteiger partial charge in [0.1, 0.15) is 0 Å². The van der Waals surface area contributed by atoms with Gasteiger partial charge in [0, 0.05) is 17.5 Å². The average molecular weight is 273 g/mol. The van der Waals surface area contributed by atoms with E-state index in [1.807, 2.05) is 38.1 Å². The third-order valence-corrected chi connectivity index (χ3v) is 2.80. The number of benzene rings is 1. The second-order valence-electron chi connectivity index (χ2n) is 3.56. The Morgan fingerprint density at radius 1 is 1.47 bits per heavy atom. The molecule has 0 spiro atoms. The van der Waals surface area contributed by atoms with Crippen molar-refractivity contribution < 1.29 is 9.84 Å². The van der Waals surface area contributed by atoms with Gasteiger partial charge in [-0.15, -0.1) is 0 Å². The minimum atomic E-state index is -0.445. The SMILES string of the molecule is CCOC(C)C(O)Cc1cccc(Br)c1. The highest BCUT2D eigenvalue weighted by molar-refractivity contribution is 9.10. The number of halogens is 1. The van der Waals surface area contributed by atoms with Crippen molar-refractivity contribution in [2.75, 3.05) is 6.61 Å². The minimum absolute atomic E-state index is 0.117. The molecule has 0 saturated heterocycles. The van der Waals surface area contributed by atoms with Gasteiger partial charge in [-0.3, -0.25) is 0 Å². The molecule has 0 aromatic heterocycles. The summed E-state index contributed by atoms with van der Waals surface area (Å²) in [4.78, 5) is 0. The van der Waals surface area contributed by atoms with Crippen LogP contribution in [0.3, 0.4) is 0 Å². The molecule has 2 unspecified atom stereocenters. The van der Waals surface area contributed by atoms with Crippen molar-refractivity contribution in [1.29, 1.82) is 0 Å². The Balaban J connectivity index is 2.54. The Labute approximate surface area is 99.4 Å². The molecule has 0 saturated carbocycles. The fourth-order valence-electron chi connectivity index (χ4n) is 1.45. The van der Waals surface area contributed by atoms with E-state index in [9.17, 15) is 5.11 Å². The number of aliphatic hydroxyl groups excluding tert-OH is 1. The first-order valence-electron chi connectivity index (χ1n) is 5.17. The van der Waals surface area contributed by atoms with Gasteiger partial charge in [0.25, 0.3) is 0 Å². The van der Waals surface area contributed by atoms with Crippen LogP contribution in [0.2, 0.25) is 0 Å². The molecule has 0 aliphatic rings. The van der Waals surface area contributed by atoms with Gasteiger partial charge >= 0.3 is 0 Å². The minimum Gasteiger partial charge on any atom is -0.390 e. The highest BCUT2D eigenvalue weighted by atomic mass is 79.9. The molecule has 0 amide bonds. The molecule has 0 heterocycles. The van der Waals surface area contributed by atoms with Gasteiger partial charge in [0.2, 0.25) is 0 Å². The Morgan fingerprint density at radius 3 is 2.80 bits per heavy atom. The molecule has 1 aromatic rings. The van der Waals surface area contributed by atoms with Crippen LogP contribution in [0, 0.1) is 0 Å². The number of aliphatic hydroxyl groups is 1. The van der Waals surface area contributed by atoms with Crippen molar-refractivity contribution in [2.45, 2.75) is 32.5 Å². The molecule has 0 aliphatic heterocycles. The molecule has 0 radical (unpaired) electrons. The molecular formula is C12H17BrO2. The summed E-state index contributed by atoms with van der Waals surface area (Å²) in [5.41, 5.74) is 1.11. The molecule has 2 nitrogen and oxygen atoms in total. The maximum Gasteiger partial charge on any atom is 0.0839 e. The molecule has 0 aliphatic carbocycles. The lowest BCUT2D eigenvalue weighted by atomic mass is 10.0. The summed E-state index contributed by atoms with van der Waals surface area (Å²) < 4.78 is 6.38.